The van der Waals surface area contributed by atoms with E-state index in [1.165, 1.54) is 0 Å². The van der Waals surface area contributed by atoms with Gasteiger partial charge in [-0.25, -0.2) is 0 Å². The van der Waals surface area contributed by atoms with Crippen molar-refractivity contribution in [3.63, 3.8) is 0 Å². The van der Waals surface area contributed by atoms with Gasteiger partial charge in [0.15, 0.2) is 5.90 Å². The zero-order valence-electron chi connectivity index (χ0n) is 6.34. The number of ether oxygens (including phenoxy) is 1. The van der Waals surface area contributed by atoms with Crippen molar-refractivity contribution in [3.05, 3.63) is 12.2 Å². The molecule has 0 saturated heterocycles. The zero-order chi connectivity index (χ0) is 7.23. The molecule has 1 heterocycles. The second-order valence-corrected chi connectivity index (χ2v) is 2.28. The third kappa shape index (κ3) is 2.21. The fourth-order valence-electron chi connectivity index (χ4n) is 0.952. The molecule has 0 N–H and O–H groups in total. The van der Waals surface area contributed by atoms with Crippen molar-refractivity contribution < 1.29 is 4.74 Å². The van der Waals surface area contributed by atoms with Gasteiger partial charge in [-0.3, -0.25) is 4.99 Å². The summed E-state index contributed by atoms with van der Waals surface area (Å²) in [6, 6.07) is 0. The van der Waals surface area contributed by atoms with E-state index >= 15 is 0 Å². The molecule has 0 aliphatic carbocycles. The Hall–Kier alpha value is -0.790. The number of aliphatic imine (C=N–C) groups is 1. The van der Waals surface area contributed by atoms with Crippen LogP contribution in [0, 0.1) is 0 Å². The second kappa shape index (κ2) is 4.09. The first-order valence-electron chi connectivity index (χ1n) is 3.66. The topological polar surface area (TPSA) is 21.6 Å². The van der Waals surface area contributed by atoms with Crippen LogP contribution in [0.2, 0.25) is 0 Å². The third-order valence-corrected chi connectivity index (χ3v) is 1.51. The molecule has 0 aromatic heterocycles. The molecule has 0 aromatic carbocycles. The Kier molecular flexibility index (Phi) is 3.00. The highest BCUT2D eigenvalue weighted by atomic mass is 16.5. The number of hydrogen-bond acceptors (Lipinski definition) is 2. The molecule has 0 fully saturated rings. The molecule has 0 radical (unpaired) electrons. The van der Waals surface area contributed by atoms with Crippen LogP contribution in [0.3, 0.4) is 0 Å². The van der Waals surface area contributed by atoms with Gasteiger partial charge in [-0.05, 0) is 12.8 Å². The Morgan fingerprint density at radius 3 is 3.00 bits per heavy atom. The monoisotopic (exact) mass is 139 g/mol. The quantitative estimate of drug-likeness (QED) is 0.469. The number of hydrogen-bond donors (Lipinski definition) is 0. The van der Waals surface area contributed by atoms with Gasteiger partial charge in [-0.2, -0.15) is 0 Å². The highest BCUT2D eigenvalue weighted by Crippen LogP contribution is 2.01. The lowest BCUT2D eigenvalue weighted by molar-refractivity contribution is 0.387. The van der Waals surface area contributed by atoms with Crippen molar-refractivity contribution in [1.29, 1.82) is 0 Å². The van der Waals surface area contributed by atoms with E-state index in [-0.39, 0.29) is 0 Å². The molecule has 0 atom stereocenters. The Labute approximate surface area is 61.6 Å². The van der Waals surface area contributed by atoms with Crippen LogP contribution in [0.15, 0.2) is 17.1 Å². The van der Waals surface area contributed by atoms with Gasteiger partial charge in [-0.15, -0.1) is 0 Å². The molecule has 1 aliphatic heterocycles. The second-order valence-electron chi connectivity index (χ2n) is 2.28. The molecule has 0 spiro atoms. The molecular weight excluding hydrogens is 126 g/mol. The summed E-state index contributed by atoms with van der Waals surface area (Å²) in [5, 5.41) is 0. The molecule has 0 aromatic rings. The number of rotatable bonds is 0. The molecule has 0 bridgehead atoms. The fourth-order valence-corrected chi connectivity index (χ4v) is 0.952. The predicted octanol–water partition coefficient (Wildman–Crippen LogP) is 1.77. The predicted molar refractivity (Wildman–Crippen MR) is 42.3 cm³/mol. The van der Waals surface area contributed by atoms with Crippen LogP contribution in [0.1, 0.15) is 19.3 Å². The van der Waals surface area contributed by atoms with Gasteiger partial charge in [0, 0.05) is 13.0 Å². The summed E-state index contributed by atoms with van der Waals surface area (Å²) in [7, 11) is 1.68. The van der Waals surface area contributed by atoms with E-state index in [0.717, 1.165) is 31.7 Å². The smallest absolute Gasteiger partial charge is 0.183 e. The van der Waals surface area contributed by atoms with Crippen LogP contribution >= 0.6 is 0 Å². The molecule has 2 heteroatoms. The van der Waals surface area contributed by atoms with Crippen LogP contribution in [-0.2, 0) is 4.74 Å². The molecule has 0 unspecified atom stereocenters. The first-order valence-corrected chi connectivity index (χ1v) is 3.66. The SMILES string of the molecule is COC1=NCCC=CCC1. The summed E-state index contributed by atoms with van der Waals surface area (Å²) >= 11 is 0. The number of allylic oxidation sites excluding steroid dienone is 1. The summed E-state index contributed by atoms with van der Waals surface area (Å²) in [6.45, 7) is 0.875. The molecule has 2 nitrogen and oxygen atoms in total. The van der Waals surface area contributed by atoms with Crippen LogP contribution in [0.25, 0.3) is 0 Å². The minimum absolute atomic E-state index is 0.875. The number of nitrogens with zero attached hydrogens (tertiary/aromatic N) is 1. The molecule has 0 amide bonds. The van der Waals surface area contributed by atoms with Gasteiger partial charge < -0.3 is 4.74 Å². The van der Waals surface area contributed by atoms with Crippen molar-refractivity contribution in [2.45, 2.75) is 19.3 Å². The third-order valence-electron chi connectivity index (χ3n) is 1.51. The van der Waals surface area contributed by atoms with Gasteiger partial charge in [0.05, 0.1) is 7.11 Å². The van der Waals surface area contributed by atoms with Crippen molar-refractivity contribution in [2.24, 2.45) is 4.99 Å². The summed E-state index contributed by atoms with van der Waals surface area (Å²) < 4.78 is 5.04. The van der Waals surface area contributed by atoms with E-state index in [0.29, 0.717) is 0 Å². The summed E-state index contributed by atoms with van der Waals surface area (Å²) in [5.41, 5.74) is 0. The Bertz CT molecular complexity index is 149. The lowest BCUT2D eigenvalue weighted by Gasteiger charge is -2.04. The minimum atomic E-state index is 0.875. The summed E-state index contributed by atoms with van der Waals surface area (Å²) in [6.07, 6.45) is 7.43. The van der Waals surface area contributed by atoms with Crippen molar-refractivity contribution in [1.82, 2.24) is 0 Å². The fraction of sp³-hybridized carbons (Fsp3) is 0.625. The van der Waals surface area contributed by atoms with Crippen molar-refractivity contribution in [3.8, 4) is 0 Å². The maximum atomic E-state index is 5.04. The van der Waals surface area contributed by atoms with E-state index in [4.69, 9.17) is 4.74 Å². The van der Waals surface area contributed by atoms with Crippen molar-refractivity contribution in [2.75, 3.05) is 13.7 Å². The lowest BCUT2D eigenvalue weighted by Crippen LogP contribution is -2.02. The van der Waals surface area contributed by atoms with E-state index in [1.807, 2.05) is 0 Å². The van der Waals surface area contributed by atoms with Gasteiger partial charge in [0.25, 0.3) is 0 Å². The van der Waals surface area contributed by atoms with E-state index in [2.05, 4.69) is 17.1 Å². The van der Waals surface area contributed by atoms with Gasteiger partial charge in [0.1, 0.15) is 0 Å². The normalized spacial score (nSPS) is 19.1. The first-order chi connectivity index (χ1) is 4.93. The van der Waals surface area contributed by atoms with Crippen molar-refractivity contribution >= 4 is 5.90 Å². The minimum Gasteiger partial charge on any atom is -0.484 e. The van der Waals surface area contributed by atoms with Crippen LogP contribution in [0.4, 0.5) is 0 Å². The first kappa shape index (κ1) is 7.32. The standard InChI is InChI=1S/C8H13NO/c1-10-8-6-4-2-3-5-7-9-8/h2-3H,4-7H2,1H3. The molecule has 0 saturated carbocycles. The molecule has 1 rings (SSSR count). The molecular formula is C8H13NO. The highest BCUT2D eigenvalue weighted by molar-refractivity contribution is 5.76. The van der Waals surface area contributed by atoms with Crippen LogP contribution in [0.5, 0.6) is 0 Å². The maximum Gasteiger partial charge on any atom is 0.183 e. The highest BCUT2D eigenvalue weighted by Gasteiger charge is 1.97. The Morgan fingerprint density at radius 1 is 1.40 bits per heavy atom. The Morgan fingerprint density at radius 2 is 2.20 bits per heavy atom. The largest absolute Gasteiger partial charge is 0.484 e. The van der Waals surface area contributed by atoms with Gasteiger partial charge in [0.2, 0.25) is 0 Å². The van der Waals surface area contributed by atoms with Crippen LogP contribution in [-0.4, -0.2) is 19.6 Å². The van der Waals surface area contributed by atoms with Crippen LogP contribution < -0.4 is 0 Å². The van der Waals surface area contributed by atoms with E-state index < -0.39 is 0 Å². The number of methoxy groups -OCH3 is 1. The van der Waals surface area contributed by atoms with E-state index in [1.54, 1.807) is 7.11 Å². The summed E-state index contributed by atoms with van der Waals surface area (Å²) in [5.74, 6) is 0.893. The molecule has 1 aliphatic rings. The van der Waals surface area contributed by atoms with Gasteiger partial charge in [-0.1, -0.05) is 12.2 Å². The zero-order valence-corrected chi connectivity index (χ0v) is 6.34. The van der Waals surface area contributed by atoms with Gasteiger partial charge >= 0.3 is 0 Å². The lowest BCUT2D eigenvalue weighted by atomic mass is 10.2. The van der Waals surface area contributed by atoms with E-state index in [9.17, 15) is 0 Å². The summed E-state index contributed by atoms with van der Waals surface area (Å²) in [4.78, 5) is 4.24. The Balaban J connectivity index is 2.41. The average Bonchev–Trinajstić information content (AvgIpc) is 1.87. The molecule has 10 heavy (non-hydrogen) atoms. The maximum absolute atomic E-state index is 5.04. The average molecular weight is 139 g/mol. The molecule has 56 valence electrons.